The van der Waals surface area contributed by atoms with E-state index < -0.39 is 5.60 Å². The summed E-state index contributed by atoms with van der Waals surface area (Å²) >= 11 is 0. The molecular weight excluding hydrogens is 390 g/mol. The van der Waals surface area contributed by atoms with Gasteiger partial charge in [-0.2, -0.15) is 0 Å². The highest BCUT2D eigenvalue weighted by Crippen LogP contribution is 2.30. The molecule has 7 heteroatoms. The zero-order chi connectivity index (χ0) is 21.7. The number of ether oxygens (including phenoxy) is 1. The summed E-state index contributed by atoms with van der Waals surface area (Å²) in [6, 6.07) is 4.38. The lowest BCUT2D eigenvalue weighted by Gasteiger charge is -2.39. The third kappa shape index (κ3) is 5.01. The lowest BCUT2D eigenvalue weighted by atomic mass is 9.95. The van der Waals surface area contributed by atoms with Crippen LogP contribution >= 0.6 is 0 Å². The van der Waals surface area contributed by atoms with Gasteiger partial charge >= 0.3 is 0 Å². The van der Waals surface area contributed by atoms with Gasteiger partial charge in [0.1, 0.15) is 11.4 Å². The summed E-state index contributed by atoms with van der Waals surface area (Å²) < 4.78 is 5.35. The largest absolute Gasteiger partial charge is 0.383 e. The maximum absolute atomic E-state index is 10.6. The number of aliphatic imine (C=N–C) groups is 2. The quantitative estimate of drug-likeness (QED) is 0.715. The average Bonchev–Trinajstić information content (AvgIpc) is 3.27. The molecule has 2 saturated heterocycles. The first-order valence-electron chi connectivity index (χ1n) is 10.9. The molecule has 2 fully saturated rings. The predicted molar refractivity (Wildman–Crippen MR) is 125 cm³/mol. The Morgan fingerprint density at radius 3 is 2.68 bits per heavy atom. The number of hydrogen-bond donors (Lipinski definition) is 1. The van der Waals surface area contributed by atoms with E-state index in [1.807, 2.05) is 12.1 Å². The summed E-state index contributed by atoms with van der Waals surface area (Å²) in [6.45, 7) is 10.5. The molecule has 7 nitrogen and oxygen atoms in total. The van der Waals surface area contributed by atoms with Crippen molar-refractivity contribution in [2.75, 3.05) is 44.3 Å². The fourth-order valence-corrected chi connectivity index (χ4v) is 4.31. The highest BCUT2D eigenvalue weighted by atomic mass is 16.5. The number of aliphatic hydroxyl groups is 1. The normalized spacial score (nSPS) is 27.1. The monoisotopic (exact) mass is 421 g/mol. The van der Waals surface area contributed by atoms with Gasteiger partial charge in [-0.25, -0.2) is 4.98 Å². The molecule has 1 N–H and O–H groups in total. The summed E-state index contributed by atoms with van der Waals surface area (Å²) in [5.41, 5.74) is 2.33. The molecule has 0 radical (unpaired) electrons. The lowest BCUT2D eigenvalue weighted by molar-refractivity contribution is 0.0229. The van der Waals surface area contributed by atoms with E-state index in [1.165, 1.54) is 5.57 Å². The minimum atomic E-state index is -0.885. The summed E-state index contributed by atoms with van der Waals surface area (Å²) in [7, 11) is 0. The Kier molecular flexibility index (Phi) is 6.75. The van der Waals surface area contributed by atoms with Crippen molar-refractivity contribution in [2.24, 2.45) is 9.98 Å². The molecule has 0 aromatic carbocycles. The standard InChI is InChI=1S/C24H31N5O2/c1-19(20-3-6-22(7-4-20)26-11-10-25-2)28-12-14-29(15-13-28)23-8-5-21(17-27-23)24(30)9-16-31-18-24/h3-6,8,10-11,17,19,30H,2,7,9,12-16,18H2,1H3/b11-10-,26-22-. The summed E-state index contributed by atoms with van der Waals surface area (Å²) in [5, 5.41) is 10.6. The Bertz CT molecular complexity index is 889. The number of hydrogen-bond acceptors (Lipinski definition) is 7. The lowest BCUT2D eigenvalue weighted by Crippen LogP contribution is -2.50. The van der Waals surface area contributed by atoms with E-state index in [-0.39, 0.29) is 0 Å². The van der Waals surface area contributed by atoms with Crippen molar-refractivity contribution in [3.8, 4) is 0 Å². The second-order valence-electron chi connectivity index (χ2n) is 8.28. The third-order valence-corrected chi connectivity index (χ3v) is 6.38. The molecule has 0 bridgehead atoms. The molecule has 2 aliphatic heterocycles. The van der Waals surface area contributed by atoms with Crippen molar-refractivity contribution in [1.82, 2.24) is 9.88 Å². The number of rotatable bonds is 6. The molecule has 0 saturated carbocycles. The van der Waals surface area contributed by atoms with Gasteiger partial charge in [-0.1, -0.05) is 18.2 Å². The molecule has 3 heterocycles. The molecule has 31 heavy (non-hydrogen) atoms. The number of anilines is 1. The highest BCUT2D eigenvalue weighted by molar-refractivity contribution is 5.98. The van der Waals surface area contributed by atoms with Crippen LogP contribution in [0.25, 0.3) is 0 Å². The summed E-state index contributed by atoms with van der Waals surface area (Å²) in [4.78, 5) is 17.5. The Morgan fingerprint density at radius 2 is 2.06 bits per heavy atom. The molecule has 0 spiro atoms. The van der Waals surface area contributed by atoms with Crippen molar-refractivity contribution < 1.29 is 9.84 Å². The van der Waals surface area contributed by atoms with E-state index in [2.05, 4.69) is 56.6 Å². The second-order valence-corrected chi connectivity index (χ2v) is 8.28. The van der Waals surface area contributed by atoms with Crippen LogP contribution in [0.15, 0.2) is 64.5 Å². The molecule has 2 unspecified atom stereocenters. The summed E-state index contributed by atoms with van der Waals surface area (Å²) in [5.74, 6) is 0.971. The Morgan fingerprint density at radius 1 is 1.23 bits per heavy atom. The smallest absolute Gasteiger partial charge is 0.128 e. The van der Waals surface area contributed by atoms with Crippen LogP contribution in [0.3, 0.4) is 0 Å². The maximum Gasteiger partial charge on any atom is 0.128 e. The molecule has 4 rings (SSSR count). The van der Waals surface area contributed by atoms with Gasteiger partial charge < -0.3 is 14.7 Å². The Hall–Kier alpha value is -2.61. The first-order chi connectivity index (χ1) is 15.1. The van der Waals surface area contributed by atoms with Crippen molar-refractivity contribution in [3.63, 3.8) is 0 Å². The van der Waals surface area contributed by atoms with Crippen LogP contribution in [0.1, 0.15) is 25.3 Å². The minimum absolute atomic E-state index is 0.352. The zero-order valence-corrected chi connectivity index (χ0v) is 18.2. The van der Waals surface area contributed by atoms with Crippen LogP contribution in [0.2, 0.25) is 0 Å². The SMILES string of the molecule is C=N/C=C\N=C1\C=CC(C(C)N2CCN(c3ccc(C4(O)CCOC4)cn3)CC2)=CC1. The topological polar surface area (TPSA) is 73.6 Å². The minimum Gasteiger partial charge on any atom is -0.383 e. The van der Waals surface area contributed by atoms with E-state index in [1.54, 1.807) is 18.6 Å². The van der Waals surface area contributed by atoms with Gasteiger partial charge in [-0.3, -0.25) is 14.9 Å². The maximum atomic E-state index is 10.6. The predicted octanol–water partition coefficient (Wildman–Crippen LogP) is 2.70. The van der Waals surface area contributed by atoms with Crippen molar-refractivity contribution in [1.29, 1.82) is 0 Å². The van der Waals surface area contributed by atoms with E-state index in [0.717, 1.165) is 49.7 Å². The van der Waals surface area contributed by atoms with Gasteiger partial charge in [0.15, 0.2) is 0 Å². The number of allylic oxidation sites excluding steroid dienone is 2. The van der Waals surface area contributed by atoms with Gasteiger partial charge in [0.2, 0.25) is 0 Å². The number of pyridine rings is 1. The van der Waals surface area contributed by atoms with Gasteiger partial charge in [-0.05, 0) is 31.4 Å². The molecule has 1 aromatic heterocycles. The van der Waals surface area contributed by atoms with E-state index in [0.29, 0.717) is 25.7 Å². The first-order valence-corrected chi connectivity index (χ1v) is 10.9. The van der Waals surface area contributed by atoms with Gasteiger partial charge in [0, 0.05) is 81.5 Å². The zero-order valence-electron chi connectivity index (χ0n) is 18.2. The molecule has 1 aromatic rings. The highest BCUT2D eigenvalue weighted by Gasteiger charge is 2.34. The molecule has 3 aliphatic rings. The second kappa shape index (κ2) is 9.68. The van der Waals surface area contributed by atoms with Crippen LogP contribution < -0.4 is 4.90 Å². The van der Waals surface area contributed by atoms with Crippen molar-refractivity contribution in [2.45, 2.75) is 31.4 Å². The summed E-state index contributed by atoms with van der Waals surface area (Å²) in [6.07, 6.45) is 13.1. The van der Waals surface area contributed by atoms with Crippen LogP contribution in [0, 0.1) is 0 Å². The number of piperazine rings is 1. The first kappa shape index (κ1) is 21.6. The van der Waals surface area contributed by atoms with Crippen LogP contribution in [-0.4, -0.2) is 72.9 Å². The van der Waals surface area contributed by atoms with Crippen LogP contribution in [-0.2, 0) is 10.3 Å². The van der Waals surface area contributed by atoms with Crippen LogP contribution in [0.4, 0.5) is 5.82 Å². The van der Waals surface area contributed by atoms with E-state index in [9.17, 15) is 5.11 Å². The fraction of sp³-hybridized carbons (Fsp3) is 0.458. The third-order valence-electron chi connectivity index (χ3n) is 6.38. The average molecular weight is 422 g/mol. The van der Waals surface area contributed by atoms with E-state index >= 15 is 0 Å². The van der Waals surface area contributed by atoms with Crippen molar-refractivity contribution in [3.05, 3.63) is 60.1 Å². The van der Waals surface area contributed by atoms with Gasteiger partial charge in [0.25, 0.3) is 0 Å². The molecule has 0 amide bonds. The number of nitrogens with zero attached hydrogens (tertiary/aromatic N) is 5. The van der Waals surface area contributed by atoms with Gasteiger partial charge in [0.05, 0.1) is 6.61 Å². The number of aromatic nitrogens is 1. The van der Waals surface area contributed by atoms with Crippen LogP contribution in [0.5, 0.6) is 0 Å². The Balaban J connectivity index is 1.30. The van der Waals surface area contributed by atoms with Crippen molar-refractivity contribution >= 4 is 18.2 Å². The molecule has 2 atom stereocenters. The van der Waals surface area contributed by atoms with Gasteiger partial charge in [-0.15, -0.1) is 0 Å². The molecular formula is C24H31N5O2. The molecule has 164 valence electrons. The van der Waals surface area contributed by atoms with E-state index in [4.69, 9.17) is 4.74 Å². The fourth-order valence-electron chi connectivity index (χ4n) is 4.31. The Labute approximate surface area is 184 Å². The molecule has 1 aliphatic carbocycles.